The number of hydroxylamine groups is 1. The molecule has 0 amide bonds. The molecule has 86 valence electrons. The first-order valence-corrected chi connectivity index (χ1v) is 6.05. The number of hydrogen-bond acceptors (Lipinski definition) is 6. The quantitative estimate of drug-likeness (QED) is 0.477. The van der Waals surface area contributed by atoms with Crippen molar-refractivity contribution >= 4 is 23.6 Å². The molecule has 0 bridgehead atoms. The van der Waals surface area contributed by atoms with Gasteiger partial charge in [-0.05, 0) is 24.4 Å². The zero-order chi connectivity index (χ0) is 11.2. The van der Waals surface area contributed by atoms with Gasteiger partial charge in [0.05, 0.1) is 17.2 Å². The number of aliphatic imine (C=N–C) groups is 1. The Kier molecular flexibility index (Phi) is 4.01. The molecule has 16 heavy (non-hydrogen) atoms. The lowest BCUT2D eigenvalue weighted by atomic mass is 10.4. The SMILES string of the molecule is CCCCONC1=Nc2ccncc2SN1. The third kappa shape index (κ3) is 2.86. The fourth-order valence-corrected chi connectivity index (χ4v) is 1.80. The lowest BCUT2D eigenvalue weighted by Gasteiger charge is -2.16. The van der Waals surface area contributed by atoms with E-state index in [4.69, 9.17) is 4.84 Å². The second-order valence-electron chi connectivity index (χ2n) is 3.31. The molecule has 0 aromatic carbocycles. The van der Waals surface area contributed by atoms with Gasteiger partial charge in [-0.1, -0.05) is 13.3 Å². The fourth-order valence-electron chi connectivity index (χ4n) is 1.17. The number of nitrogens with zero attached hydrogens (tertiary/aromatic N) is 2. The number of pyridine rings is 1. The first kappa shape index (κ1) is 11.2. The molecule has 1 aromatic rings. The van der Waals surface area contributed by atoms with E-state index in [9.17, 15) is 0 Å². The summed E-state index contributed by atoms with van der Waals surface area (Å²) in [7, 11) is 0. The maximum absolute atomic E-state index is 5.26. The molecular formula is C10H14N4OS. The first-order chi connectivity index (χ1) is 7.90. The molecule has 1 aromatic heterocycles. The van der Waals surface area contributed by atoms with E-state index < -0.39 is 0 Å². The highest BCUT2D eigenvalue weighted by Crippen LogP contribution is 2.29. The van der Waals surface area contributed by atoms with E-state index in [-0.39, 0.29) is 0 Å². The molecule has 0 fully saturated rings. The van der Waals surface area contributed by atoms with Crippen molar-refractivity contribution < 1.29 is 4.84 Å². The van der Waals surface area contributed by atoms with Gasteiger partial charge in [0.15, 0.2) is 0 Å². The number of hydrogen-bond donors (Lipinski definition) is 2. The molecule has 2 rings (SSSR count). The average Bonchev–Trinajstić information content (AvgIpc) is 2.34. The Morgan fingerprint density at radius 3 is 3.38 bits per heavy atom. The molecule has 0 saturated carbocycles. The van der Waals surface area contributed by atoms with Crippen LogP contribution in [0.3, 0.4) is 0 Å². The molecule has 0 spiro atoms. The zero-order valence-corrected chi connectivity index (χ0v) is 9.88. The van der Waals surface area contributed by atoms with Gasteiger partial charge in [0.25, 0.3) is 0 Å². The van der Waals surface area contributed by atoms with Gasteiger partial charge in [0.2, 0.25) is 5.96 Å². The van der Waals surface area contributed by atoms with Crippen LogP contribution in [0.25, 0.3) is 0 Å². The summed E-state index contributed by atoms with van der Waals surface area (Å²) in [6, 6.07) is 1.87. The third-order valence-corrected chi connectivity index (χ3v) is 2.85. The average molecular weight is 238 g/mol. The number of nitrogens with one attached hydrogen (secondary N) is 2. The van der Waals surface area contributed by atoms with Crippen LogP contribution in [-0.2, 0) is 4.84 Å². The maximum Gasteiger partial charge on any atom is 0.231 e. The Morgan fingerprint density at radius 2 is 2.50 bits per heavy atom. The smallest absolute Gasteiger partial charge is 0.231 e. The van der Waals surface area contributed by atoms with Crippen LogP contribution in [0, 0.1) is 0 Å². The summed E-state index contributed by atoms with van der Waals surface area (Å²) in [6.07, 6.45) is 5.66. The first-order valence-electron chi connectivity index (χ1n) is 5.23. The van der Waals surface area contributed by atoms with Crippen LogP contribution < -0.4 is 10.2 Å². The van der Waals surface area contributed by atoms with Gasteiger partial charge >= 0.3 is 0 Å². The number of rotatable bonds is 4. The highest BCUT2D eigenvalue weighted by atomic mass is 32.2. The zero-order valence-electron chi connectivity index (χ0n) is 9.06. The fraction of sp³-hybridized carbons (Fsp3) is 0.400. The lowest BCUT2D eigenvalue weighted by Crippen LogP contribution is -2.34. The normalized spacial score (nSPS) is 13.7. The molecular weight excluding hydrogens is 224 g/mol. The molecule has 1 aliphatic rings. The molecule has 0 aliphatic carbocycles. The van der Waals surface area contributed by atoms with Crippen molar-refractivity contribution in [3.8, 4) is 0 Å². The highest BCUT2D eigenvalue weighted by Gasteiger charge is 2.11. The number of guanidine groups is 1. The lowest BCUT2D eigenvalue weighted by molar-refractivity contribution is 0.0812. The largest absolute Gasteiger partial charge is 0.294 e. The number of unbranched alkanes of at least 4 members (excludes halogenated alkanes) is 1. The van der Waals surface area contributed by atoms with Crippen molar-refractivity contribution in [3.63, 3.8) is 0 Å². The Hall–Kier alpha value is -1.27. The van der Waals surface area contributed by atoms with Gasteiger partial charge in [-0.25, -0.2) is 10.5 Å². The van der Waals surface area contributed by atoms with Gasteiger partial charge in [0, 0.05) is 12.4 Å². The van der Waals surface area contributed by atoms with E-state index in [0.29, 0.717) is 12.6 Å². The van der Waals surface area contributed by atoms with Crippen LogP contribution in [0.2, 0.25) is 0 Å². The summed E-state index contributed by atoms with van der Waals surface area (Å²) in [6.45, 7) is 2.81. The molecule has 0 radical (unpaired) electrons. The second kappa shape index (κ2) is 5.72. The minimum absolute atomic E-state index is 0.625. The minimum atomic E-state index is 0.625. The predicted octanol–water partition coefficient (Wildman–Crippen LogP) is 2.00. The van der Waals surface area contributed by atoms with Crippen LogP contribution >= 0.6 is 11.9 Å². The van der Waals surface area contributed by atoms with E-state index in [0.717, 1.165) is 23.4 Å². The minimum Gasteiger partial charge on any atom is -0.294 e. The van der Waals surface area contributed by atoms with Gasteiger partial charge in [0.1, 0.15) is 0 Å². The predicted molar refractivity (Wildman–Crippen MR) is 64.3 cm³/mol. The monoisotopic (exact) mass is 238 g/mol. The second-order valence-corrected chi connectivity index (χ2v) is 4.16. The van der Waals surface area contributed by atoms with Gasteiger partial charge in [-0.3, -0.25) is 14.5 Å². The summed E-state index contributed by atoms with van der Waals surface area (Å²) >= 11 is 1.47. The van der Waals surface area contributed by atoms with Gasteiger partial charge in [-0.2, -0.15) is 0 Å². The van der Waals surface area contributed by atoms with Crippen molar-refractivity contribution in [2.24, 2.45) is 4.99 Å². The van der Waals surface area contributed by atoms with Crippen molar-refractivity contribution in [1.29, 1.82) is 0 Å². The van der Waals surface area contributed by atoms with E-state index in [2.05, 4.69) is 27.1 Å². The van der Waals surface area contributed by atoms with Crippen molar-refractivity contribution in [1.82, 2.24) is 15.2 Å². The Bertz CT molecular complexity index is 383. The molecule has 6 heteroatoms. The van der Waals surface area contributed by atoms with E-state index in [1.54, 1.807) is 12.4 Å². The van der Waals surface area contributed by atoms with Crippen LogP contribution in [0.4, 0.5) is 5.69 Å². The number of fused-ring (bicyclic) bond motifs is 1. The van der Waals surface area contributed by atoms with E-state index in [1.165, 1.54) is 11.9 Å². The highest BCUT2D eigenvalue weighted by molar-refractivity contribution is 7.98. The van der Waals surface area contributed by atoms with E-state index >= 15 is 0 Å². The summed E-state index contributed by atoms with van der Waals surface area (Å²) in [5.41, 5.74) is 3.70. The Morgan fingerprint density at radius 1 is 1.56 bits per heavy atom. The van der Waals surface area contributed by atoms with Crippen LogP contribution in [-0.4, -0.2) is 17.6 Å². The van der Waals surface area contributed by atoms with E-state index in [1.807, 2.05) is 6.07 Å². The van der Waals surface area contributed by atoms with Crippen LogP contribution in [0.15, 0.2) is 28.3 Å². The summed E-state index contributed by atoms with van der Waals surface area (Å²) < 4.78 is 3.04. The topological polar surface area (TPSA) is 58.5 Å². The summed E-state index contributed by atoms with van der Waals surface area (Å²) in [5, 5.41) is 0. The Labute approximate surface area is 98.8 Å². The molecule has 0 saturated heterocycles. The molecule has 0 unspecified atom stereocenters. The molecule has 5 nitrogen and oxygen atoms in total. The van der Waals surface area contributed by atoms with Crippen LogP contribution in [0.1, 0.15) is 19.8 Å². The van der Waals surface area contributed by atoms with Gasteiger partial charge in [-0.15, -0.1) is 0 Å². The van der Waals surface area contributed by atoms with Crippen molar-refractivity contribution in [2.75, 3.05) is 6.61 Å². The molecule has 2 N–H and O–H groups in total. The standard InChI is InChI=1S/C10H14N4OS/c1-2-3-6-15-13-10-12-8-4-5-11-7-9(8)16-14-10/h4-5,7H,2-3,6H2,1H3,(H2,12,13,14). The Balaban J connectivity index is 1.91. The molecule has 2 heterocycles. The molecule has 1 aliphatic heterocycles. The summed E-state index contributed by atoms with van der Waals surface area (Å²) in [4.78, 5) is 14.7. The maximum atomic E-state index is 5.26. The van der Waals surface area contributed by atoms with Crippen molar-refractivity contribution in [3.05, 3.63) is 18.5 Å². The molecule has 0 atom stereocenters. The van der Waals surface area contributed by atoms with Gasteiger partial charge < -0.3 is 0 Å². The third-order valence-electron chi connectivity index (χ3n) is 2.02. The van der Waals surface area contributed by atoms with Crippen molar-refractivity contribution in [2.45, 2.75) is 24.7 Å². The summed E-state index contributed by atoms with van der Waals surface area (Å²) in [5.74, 6) is 0.625. The van der Waals surface area contributed by atoms with Crippen LogP contribution in [0.5, 0.6) is 0 Å². The number of aromatic nitrogens is 1.